The molecule has 4 rings (SSSR count). The van der Waals surface area contributed by atoms with Gasteiger partial charge in [-0.3, -0.25) is 9.59 Å². The van der Waals surface area contributed by atoms with E-state index in [1.54, 1.807) is 30.3 Å². The number of nitrogens with two attached hydrogens (primary N) is 1. The average Bonchev–Trinajstić information content (AvgIpc) is 3.24. The SMILES string of the molecule is C=Cc1c(OC)c(OC)cc2c1OCC(=O)C=C2c1ccc(OC)c(OC(=O)C(CC(C)C)NC(=O)C(O)C(N)Cc2ccccc2)c1. The molecule has 1 amide bonds. The van der Waals surface area contributed by atoms with Crippen molar-refractivity contribution in [1.29, 1.82) is 0 Å². The minimum atomic E-state index is -1.57. The summed E-state index contributed by atoms with van der Waals surface area (Å²) in [5.74, 6) is -0.423. The molecule has 0 spiro atoms. The van der Waals surface area contributed by atoms with E-state index in [9.17, 15) is 19.5 Å². The Balaban J connectivity index is 1.65. The van der Waals surface area contributed by atoms with E-state index < -0.39 is 30.1 Å². The first kappa shape index (κ1) is 35.7. The van der Waals surface area contributed by atoms with E-state index in [4.69, 9.17) is 29.4 Å². The molecule has 3 aromatic rings. The molecule has 254 valence electrons. The van der Waals surface area contributed by atoms with Gasteiger partial charge in [0.15, 0.2) is 35.4 Å². The van der Waals surface area contributed by atoms with E-state index in [0.29, 0.717) is 39.5 Å². The smallest absolute Gasteiger partial charge is 0.334 e. The maximum Gasteiger partial charge on any atom is 0.334 e. The van der Waals surface area contributed by atoms with Gasteiger partial charge in [-0.1, -0.05) is 62.9 Å². The minimum Gasteiger partial charge on any atom is -0.493 e. The Hall–Kier alpha value is -5.13. The molecule has 4 N–H and O–H groups in total. The molecule has 0 radical (unpaired) electrons. The summed E-state index contributed by atoms with van der Waals surface area (Å²) in [6.45, 7) is 7.45. The molecule has 0 aromatic heterocycles. The molecule has 1 heterocycles. The molecular formula is C37H42N2O9. The van der Waals surface area contributed by atoms with Crippen molar-refractivity contribution in [2.24, 2.45) is 11.7 Å². The molecule has 48 heavy (non-hydrogen) atoms. The number of carbonyl (C=O) groups is 3. The highest BCUT2D eigenvalue weighted by Gasteiger charge is 2.31. The third-order valence-corrected chi connectivity index (χ3v) is 7.80. The van der Waals surface area contributed by atoms with Gasteiger partial charge in [-0.25, -0.2) is 4.79 Å². The lowest BCUT2D eigenvalue weighted by Gasteiger charge is -2.24. The minimum absolute atomic E-state index is 0.0177. The first-order valence-corrected chi connectivity index (χ1v) is 15.5. The zero-order chi connectivity index (χ0) is 35.0. The van der Waals surface area contributed by atoms with Crippen LogP contribution < -0.4 is 34.7 Å². The Labute approximate surface area is 280 Å². The molecule has 3 atom stereocenters. The summed E-state index contributed by atoms with van der Waals surface area (Å²) in [7, 11) is 4.42. The lowest BCUT2D eigenvalue weighted by Crippen LogP contribution is -2.53. The monoisotopic (exact) mass is 658 g/mol. The first-order valence-electron chi connectivity index (χ1n) is 15.5. The average molecular weight is 659 g/mol. The normalized spacial score (nSPS) is 14.3. The van der Waals surface area contributed by atoms with Crippen LogP contribution in [0.1, 0.15) is 42.5 Å². The van der Waals surface area contributed by atoms with E-state index in [1.165, 1.54) is 27.4 Å². The van der Waals surface area contributed by atoms with Gasteiger partial charge in [0.25, 0.3) is 5.91 Å². The van der Waals surface area contributed by atoms with E-state index in [2.05, 4.69) is 11.9 Å². The zero-order valence-electron chi connectivity index (χ0n) is 27.8. The Bertz CT molecular complexity index is 1680. The molecule has 0 bridgehead atoms. The molecule has 3 unspecified atom stereocenters. The number of methoxy groups -OCH3 is 3. The van der Waals surface area contributed by atoms with Gasteiger partial charge in [-0.2, -0.15) is 0 Å². The number of fused-ring (bicyclic) bond motifs is 1. The van der Waals surface area contributed by atoms with Crippen molar-refractivity contribution in [2.75, 3.05) is 27.9 Å². The maximum absolute atomic E-state index is 13.6. The van der Waals surface area contributed by atoms with Crippen LogP contribution in [0.15, 0.2) is 67.3 Å². The molecule has 11 nitrogen and oxygen atoms in total. The lowest BCUT2D eigenvalue weighted by atomic mass is 9.93. The Morgan fingerprint density at radius 3 is 2.35 bits per heavy atom. The van der Waals surface area contributed by atoms with E-state index in [-0.39, 0.29) is 42.6 Å². The predicted molar refractivity (Wildman–Crippen MR) is 181 cm³/mol. The number of rotatable bonds is 14. The Morgan fingerprint density at radius 2 is 1.73 bits per heavy atom. The molecule has 0 fully saturated rings. The van der Waals surface area contributed by atoms with Crippen LogP contribution in [0.4, 0.5) is 0 Å². The van der Waals surface area contributed by atoms with Gasteiger partial charge in [-0.05, 0) is 59.7 Å². The fourth-order valence-electron chi connectivity index (χ4n) is 5.45. The van der Waals surface area contributed by atoms with Gasteiger partial charge in [-0.15, -0.1) is 0 Å². The van der Waals surface area contributed by atoms with Crippen LogP contribution in [0.5, 0.6) is 28.7 Å². The standard InChI is InChI=1S/C37H42N2O9/c1-7-25-34-27(19-32(45-5)35(25)46-6)26(18-24(40)20-47-34)23-13-14-30(44-4)31(17-23)48-37(43)29(15-21(2)3)39-36(42)33(41)28(38)16-22-11-9-8-10-12-22/h7-14,17-19,21,28-29,33,41H,1,15-16,20,38H2,2-6H3,(H,39,42). The number of hydrogen-bond acceptors (Lipinski definition) is 10. The van der Waals surface area contributed by atoms with E-state index in [1.807, 2.05) is 44.2 Å². The van der Waals surface area contributed by atoms with Crippen LogP contribution in [0, 0.1) is 5.92 Å². The molecule has 11 heteroatoms. The molecule has 1 aliphatic heterocycles. The highest BCUT2D eigenvalue weighted by Crippen LogP contribution is 2.46. The second-order valence-corrected chi connectivity index (χ2v) is 11.7. The van der Waals surface area contributed by atoms with Gasteiger partial charge >= 0.3 is 5.97 Å². The number of aliphatic hydroxyl groups excluding tert-OH is 1. The van der Waals surface area contributed by atoms with Crippen LogP contribution >= 0.6 is 0 Å². The van der Waals surface area contributed by atoms with Crippen molar-refractivity contribution < 1.29 is 43.2 Å². The van der Waals surface area contributed by atoms with Crippen LogP contribution in [-0.4, -0.2) is 68.9 Å². The predicted octanol–water partition coefficient (Wildman–Crippen LogP) is 4.12. The number of aliphatic hydroxyl groups is 1. The number of nitrogens with one attached hydrogen (secondary N) is 1. The van der Waals surface area contributed by atoms with Crippen LogP contribution in [0.2, 0.25) is 0 Å². The second-order valence-electron chi connectivity index (χ2n) is 11.7. The maximum atomic E-state index is 13.6. The summed E-state index contributed by atoms with van der Waals surface area (Å²) >= 11 is 0. The summed E-state index contributed by atoms with van der Waals surface area (Å²) in [6.07, 6.45) is 1.93. The van der Waals surface area contributed by atoms with Gasteiger partial charge in [0.2, 0.25) is 0 Å². The highest BCUT2D eigenvalue weighted by molar-refractivity contribution is 6.04. The molecule has 0 aliphatic carbocycles. The quantitative estimate of drug-likeness (QED) is 0.170. The van der Waals surface area contributed by atoms with Crippen LogP contribution in [0.3, 0.4) is 0 Å². The Morgan fingerprint density at radius 1 is 1.02 bits per heavy atom. The Kier molecular flexibility index (Phi) is 12.0. The van der Waals surface area contributed by atoms with Gasteiger partial charge in [0.1, 0.15) is 17.9 Å². The van der Waals surface area contributed by atoms with Crippen molar-refractivity contribution in [2.45, 2.75) is 44.9 Å². The van der Waals surface area contributed by atoms with Gasteiger partial charge in [0, 0.05) is 11.6 Å². The van der Waals surface area contributed by atoms with Gasteiger partial charge < -0.3 is 39.8 Å². The number of benzene rings is 3. The summed E-state index contributed by atoms with van der Waals surface area (Å²) in [4.78, 5) is 39.6. The van der Waals surface area contributed by atoms with Gasteiger partial charge in [0.05, 0.1) is 26.9 Å². The number of ketones is 1. The fourth-order valence-corrected chi connectivity index (χ4v) is 5.45. The topological polar surface area (TPSA) is 156 Å². The van der Waals surface area contributed by atoms with E-state index >= 15 is 0 Å². The largest absolute Gasteiger partial charge is 0.493 e. The summed E-state index contributed by atoms with van der Waals surface area (Å²) in [5.41, 5.74) is 9.03. The third kappa shape index (κ3) is 8.23. The molecule has 3 aromatic carbocycles. The highest BCUT2D eigenvalue weighted by atomic mass is 16.6. The number of hydrogen-bond donors (Lipinski definition) is 3. The first-order chi connectivity index (χ1) is 23.0. The number of ether oxygens (including phenoxy) is 5. The summed E-state index contributed by atoms with van der Waals surface area (Å²) in [5, 5.41) is 13.3. The molecule has 0 saturated heterocycles. The van der Waals surface area contributed by atoms with Crippen molar-refractivity contribution in [3.8, 4) is 28.7 Å². The summed E-state index contributed by atoms with van der Waals surface area (Å²) < 4.78 is 28.4. The van der Waals surface area contributed by atoms with Crippen molar-refractivity contribution >= 4 is 29.3 Å². The third-order valence-electron chi connectivity index (χ3n) is 7.80. The van der Waals surface area contributed by atoms with E-state index in [0.717, 1.165) is 5.56 Å². The fraction of sp³-hybridized carbons (Fsp3) is 0.324. The zero-order valence-corrected chi connectivity index (χ0v) is 27.8. The van der Waals surface area contributed by atoms with Crippen LogP contribution in [-0.2, 0) is 20.8 Å². The molecule has 0 saturated carbocycles. The number of carbonyl (C=O) groups excluding carboxylic acids is 3. The molecular weight excluding hydrogens is 616 g/mol. The number of amides is 1. The number of esters is 1. The van der Waals surface area contributed by atoms with Crippen molar-refractivity contribution in [3.63, 3.8) is 0 Å². The lowest BCUT2D eigenvalue weighted by molar-refractivity contribution is -0.142. The van der Waals surface area contributed by atoms with Crippen molar-refractivity contribution in [3.05, 3.63) is 89.5 Å². The summed E-state index contributed by atoms with van der Waals surface area (Å²) in [6, 6.07) is 13.8. The molecule has 1 aliphatic rings. The second kappa shape index (κ2) is 16.1. The van der Waals surface area contributed by atoms with Crippen molar-refractivity contribution in [1.82, 2.24) is 5.32 Å². The van der Waals surface area contributed by atoms with Crippen LogP contribution in [0.25, 0.3) is 11.6 Å².